The van der Waals surface area contributed by atoms with Crippen LogP contribution in [-0.4, -0.2) is 10.2 Å². The molecule has 1 aromatic carbocycles. The van der Waals surface area contributed by atoms with Crippen LogP contribution in [0.2, 0.25) is 0 Å². The van der Waals surface area contributed by atoms with Gasteiger partial charge in [0, 0.05) is 22.7 Å². The van der Waals surface area contributed by atoms with Gasteiger partial charge in [0.05, 0.1) is 5.69 Å². The van der Waals surface area contributed by atoms with Crippen LogP contribution < -0.4 is 0 Å². The first-order valence-corrected chi connectivity index (χ1v) is 5.39. The van der Waals surface area contributed by atoms with Crippen molar-refractivity contribution in [3.63, 3.8) is 0 Å². The Labute approximate surface area is 98.7 Å². The molecule has 0 spiro atoms. The van der Waals surface area contributed by atoms with Crippen molar-refractivity contribution in [2.24, 2.45) is 0 Å². The monoisotopic (exact) mass is 236 g/mol. The topological polar surface area (TPSA) is 28.7 Å². The molecule has 0 fully saturated rings. The molecule has 1 aromatic heterocycles. The van der Waals surface area contributed by atoms with Gasteiger partial charge in [0.15, 0.2) is 0 Å². The standard InChI is InChI=1S/C13H14F2N2/c1-13(2,3)12-7-11(16-17-12)9-5-4-8(14)6-10(9)15/h4-7H,1-3H3,(H,16,17). The van der Waals surface area contributed by atoms with Crippen molar-refractivity contribution in [2.75, 3.05) is 0 Å². The van der Waals surface area contributed by atoms with E-state index in [1.165, 1.54) is 12.1 Å². The number of H-pyrrole nitrogens is 1. The summed E-state index contributed by atoms with van der Waals surface area (Å²) in [6.07, 6.45) is 0. The van der Waals surface area contributed by atoms with Crippen LogP contribution >= 0.6 is 0 Å². The molecule has 0 atom stereocenters. The lowest BCUT2D eigenvalue weighted by Crippen LogP contribution is -2.11. The van der Waals surface area contributed by atoms with Crippen LogP contribution in [-0.2, 0) is 5.41 Å². The van der Waals surface area contributed by atoms with Gasteiger partial charge in [0.1, 0.15) is 11.6 Å². The lowest BCUT2D eigenvalue weighted by Gasteiger charge is -2.14. The van der Waals surface area contributed by atoms with Crippen LogP contribution in [0.25, 0.3) is 11.3 Å². The van der Waals surface area contributed by atoms with E-state index in [0.29, 0.717) is 11.3 Å². The van der Waals surface area contributed by atoms with E-state index in [1.807, 2.05) is 20.8 Å². The Hall–Kier alpha value is -1.71. The van der Waals surface area contributed by atoms with Gasteiger partial charge in [-0.15, -0.1) is 0 Å². The van der Waals surface area contributed by atoms with Gasteiger partial charge in [0.2, 0.25) is 0 Å². The van der Waals surface area contributed by atoms with Crippen molar-refractivity contribution >= 4 is 0 Å². The second-order valence-electron chi connectivity index (χ2n) is 5.04. The van der Waals surface area contributed by atoms with Crippen molar-refractivity contribution < 1.29 is 8.78 Å². The number of halogens is 2. The number of benzene rings is 1. The predicted octanol–water partition coefficient (Wildman–Crippen LogP) is 3.65. The Kier molecular flexibility index (Phi) is 2.73. The maximum absolute atomic E-state index is 13.5. The van der Waals surface area contributed by atoms with Crippen LogP contribution in [0.3, 0.4) is 0 Å². The van der Waals surface area contributed by atoms with Crippen molar-refractivity contribution in [2.45, 2.75) is 26.2 Å². The lowest BCUT2D eigenvalue weighted by atomic mass is 9.92. The summed E-state index contributed by atoms with van der Waals surface area (Å²) in [4.78, 5) is 0. The highest BCUT2D eigenvalue weighted by atomic mass is 19.1. The minimum atomic E-state index is -0.600. The average Bonchev–Trinajstić information content (AvgIpc) is 2.65. The van der Waals surface area contributed by atoms with Crippen molar-refractivity contribution in [3.05, 3.63) is 41.6 Å². The molecule has 2 rings (SSSR count). The van der Waals surface area contributed by atoms with Gasteiger partial charge in [-0.05, 0) is 18.2 Å². The van der Waals surface area contributed by atoms with Crippen molar-refractivity contribution in [1.82, 2.24) is 10.2 Å². The van der Waals surface area contributed by atoms with Gasteiger partial charge in [0.25, 0.3) is 0 Å². The van der Waals surface area contributed by atoms with Crippen LogP contribution in [0.15, 0.2) is 24.3 Å². The second kappa shape index (κ2) is 3.95. The second-order valence-corrected chi connectivity index (χ2v) is 5.04. The van der Waals surface area contributed by atoms with Crippen molar-refractivity contribution in [3.8, 4) is 11.3 Å². The quantitative estimate of drug-likeness (QED) is 0.804. The molecule has 0 aliphatic carbocycles. The fraction of sp³-hybridized carbons (Fsp3) is 0.308. The van der Waals surface area contributed by atoms with Gasteiger partial charge in [-0.2, -0.15) is 5.10 Å². The number of nitrogens with zero attached hydrogens (tertiary/aromatic N) is 1. The Balaban J connectivity index is 2.44. The molecule has 90 valence electrons. The van der Waals surface area contributed by atoms with E-state index in [1.54, 1.807) is 6.07 Å². The Morgan fingerprint density at radius 2 is 1.82 bits per heavy atom. The zero-order valence-corrected chi connectivity index (χ0v) is 10.0. The smallest absolute Gasteiger partial charge is 0.135 e. The summed E-state index contributed by atoms with van der Waals surface area (Å²) in [6.45, 7) is 6.10. The molecule has 0 saturated carbocycles. The summed E-state index contributed by atoms with van der Waals surface area (Å²) in [5.74, 6) is -1.19. The third-order valence-electron chi connectivity index (χ3n) is 2.59. The van der Waals surface area contributed by atoms with Gasteiger partial charge in [-0.1, -0.05) is 20.8 Å². The molecule has 2 aromatic rings. The molecule has 0 bridgehead atoms. The maximum atomic E-state index is 13.5. The van der Waals surface area contributed by atoms with Gasteiger partial charge >= 0.3 is 0 Å². The molecular formula is C13H14F2N2. The Morgan fingerprint density at radius 1 is 1.12 bits per heavy atom. The fourth-order valence-electron chi connectivity index (χ4n) is 1.54. The van der Waals surface area contributed by atoms with E-state index >= 15 is 0 Å². The molecule has 0 radical (unpaired) electrons. The van der Waals surface area contributed by atoms with E-state index in [9.17, 15) is 8.78 Å². The van der Waals surface area contributed by atoms with Crippen LogP contribution in [0.5, 0.6) is 0 Å². The Morgan fingerprint density at radius 3 is 2.35 bits per heavy atom. The molecule has 0 unspecified atom stereocenters. The first-order valence-electron chi connectivity index (χ1n) is 5.39. The fourth-order valence-corrected chi connectivity index (χ4v) is 1.54. The first-order chi connectivity index (χ1) is 7.88. The summed E-state index contributed by atoms with van der Waals surface area (Å²) in [6, 6.07) is 5.27. The highest BCUT2D eigenvalue weighted by Gasteiger charge is 2.18. The molecule has 0 saturated heterocycles. The molecule has 1 N–H and O–H groups in total. The van der Waals surface area contributed by atoms with E-state index in [-0.39, 0.29) is 5.41 Å². The van der Waals surface area contributed by atoms with E-state index < -0.39 is 11.6 Å². The summed E-state index contributed by atoms with van der Waals surface area (Å²) >= 11 is 0. The maximum Gasteiger partial charge on any atom is 0.135 e. The predicted molar refractivity (Wildman–Crippen MR) is 62.6 cm³/mol. The zero-order valence-electron chi connectivity index (χ0n) is 10.0. The summed E-state index contributed by atoms with van der Waals surface area (Å²) in [5.41, 5.74) is 1.63. The van der Waals surface area contributed by atoms with Gasteiger partial charge < -0.3 is 0 Å². The molecule has 17 heavy (non-hydrogen) atoms. The van der Waals surface area contributed by atoms with Crippen LogP contribution in [0, 0.1) is 11.6 Å². The SMILES string of the molecule is CC(C)(C)c1cc(-c2ccc(F)cc2F)n[nH]1. The number of nitrogens with one attached hydrogen (secondary N) is 1. The molecule has 0 aliphatic rings. The highest BCUT2D eigenvalue weighted by Crippen LogP contribution is 2.26. The number of hydrogen-bond donors (Lipinski definition) is 1. The molecule has 1 heterocycles. The van der Waals surface area contributed by atoms with E-state index in [4.69, 9.17) is 0 Å². The molecular weight excluding hydrogens is 222 g/mol. The number of aromatic amines is 1. The minimum Gasteiger partial charge on any atom is -0.281 e. The first kappa shape index (κ1) is 11.8. The van der Waals surface area contributed by atoms with Gasteiger partial charge in [-0.3, -0.25) is 5.10 Å². The lowest BCUT2D eigenvalue weighted by molar-refractivity contribution is 0.567. The minimum absolute atomic E-state index is 0.0816. The number of hydrogen-bond acceptors (Lipinski definition) is 1. The van der Waals surface area contributed by atoms with Crippen LogP contribution in [0.1, 0.15) is 26.5 Å². The number of aromatic nitrogens is 2. The number of rotatable bonds is 1. The van der Waals surface area contributed by atoms with Crippen molar-refractivity contribution in [1.29, 1.82) is 0 Å². The van der Waals surface area contributed by atoms with Crippen LogP contribution in [0.4, 0.5) is 8.78 Å². The normalized spacial score (nSPS) is 11.8. The molecule has 0 aliphatic heterocycles. The average molecular weight is 236 g/mol. The summed E-state index contributed by atoms with van der Waals surface area (Å²) in [7, 11) is 0. The zero-order chi connectivity index (χ0) is 12.6. The highest BCUT2D eigenvalue weighted by molar-refractivity contribution is 5.60. The molecule has 0 amide bonds. The summed E-state index contributed by atoms with van der Waals surface area (Å²) < 4.78 is 26.3. The van der Waals surface area contributed by atoms with E-state index in [2.05, 4.69) is 10.2 Å². The third-order valence-corrected chi connectivity index (χ3v) is 2.59. The third kappa shape index (κ3) is 2.35. The largest absolute Gasteiger partial charge is 0.281 e. The molecule has 4 heteroatoms. The van der Waals surface area contributed by atoms with Gasteiger partial charge in [-0.25, -0.2) is 8.78 Å². The summed E-state index contributed by atoms with van der Waals surface area (Å²) in [5, 5.41) is 6.93. The van der Waals surface area contributed by atoms with E-state index in [0.717, 1.165) is 11.8 Å². The molecule has 2 nitrogen and oxygen atoms in total. The Bertz CT molecular complexity index is 539.